The van der Waals surface area contributed by atoms with Crippen LogP contribution < -0.4 is 11.3 Å². The van der Waals surface area contributed by atoms with Gasteiger partial charge in [-0.05, 0) is 33.2 Å². The molecule has 0 fully saturated rings. The predicted octanol–water partition coefficient (Wildman–Crippen LogP) is 0.278. The Balaban J connectivity index is 2.99. The minimum Gasteiger partial charge on any atom is -0.330 e. The van der Waals surface area contributed by atoms with E-state index in [0.717, 1.165) is 17.7 Å². The molecule has 0 aliphatic heterocycles. The Hall–Kier alpha value is -1.16. The molecule has 1 heterocycles. The Bertz CT molecular complexity index is 343. The van der Waals surface area contributed by atoms with Crippen LogP contribution in [0.5, 0.6) is 0 Å². The molecule has 0 aliphatic carbocycles. The number of hydrogen-bond donors (Lipinski definition) is 2. The van der Waals surface area contributed by atoms with Crippen LogP contribution in [0.3, 0.4) is 0 Å². The maximum atomic E-state index is 11.4. The minimum absolute atomic E-state index is 0.0292. The highest BCUT2D eigenvalue weighted by Gasteiger charge is 2.04. The van der Waals surface area contributed by atoms with E-state index in [9.17, 15) is 4.79 Å². The molecule has 4 nitrogen and oxygen atoms in total. The van der Waals surface area contributed by atoms with Crippen LogP contribution in [0.1, 0.15) is 23.5 Å². The molecule has 4 heteroatoms. The van der Waals surface area contributed by atoms with Gasteiger partial charge < -0.3 is 10.7 Å². The number of hydrogen-bond acceptors (Lipinski definition) is 3. The number of nitrogens with two attached hydrogens (primary N) is 1. The molecular weight excluding hydrogens is 166 g/mol. The highest BCUT2D eigenvalue weighted by molar-refractivity contribution is 5.16. The van der Waals surface area contributed by atoms with E-state index >= 15 is 0 Å². The molecule has 0 unspecified atom stereocenters. The van der Waals surface area contributed by atoms with Crippen LogP contribution in [0.25, 0.3) is 0 Å². The van der Waals surface area contributed by atoms with Gasteiger partial charge in [-0.2, -0.15) is 0 Å². The van der Waals surface area contributed by atoms with Gasteiger partial charge in [0.05, 0.1) is 0 Å². The molecule has 1 aromatic rings. The highest BCUT2D eigenvalue weighted by atomic mass is 16.1. The zero-order valence-corrected chi connectivity index (χ0v) is 8.05. The fourth-order valence-corrected chi connectivity index (χ4v) is 1.32. The van der Waals surface area contributed by atoms with E-state index in [2.05, 4.69) is 9.97 Å². The Labute approximate surface area is 77.2 Å². The highest BCUT2D eigenvalue weighted by Crippen LogP contribution is 2.01. The summed E-state index contributed by atoms with van der Waals surface area (Å²) in [6.07, 6.45) is 1.54. The van der Waals surface area contributed by atoms with Gasteiger partial charge in [0.1, 0.15) is 5.82 Å². The first-order chi connectivity index (χ1) is 6.15. The molecule has 0 atom stereocenters. The van der Waals surface area contributed by atoms with Crippen LogP contribution in [0.15, 0.2) is 4.79 Å². The van der Waals surface area contributed by atoms with Crippen LogP contribution in [0, 0.1) is 13.8 Å². The number of aryl methyl sites for hydroxylation is 2. The van der Waals surface area contributed by atoms with Crippen molar-refractivity contribution in [1.82, 2.24) is 9.97 Å². The summed E-state index contributed by atoms with van der Waals surface area (Å²) in [5.74, 6) is 0.666. The standard InChI is InChI=1S/C9H15N3O/c1-6-8(4-3-5-10)9(13)12-7(2)11-6/h3-5,10H2,1-2H3,(H,11,12,13). The van der Waals surface area contributed by atoms with Gasteiger partial charge in [0.2, 0.25) is 0 Å². The fraction of sp³-hybridized carbons (Fsp3) is 0.556. The maximum absolute atomic E-state index is 11.4. The van der Waals surface area contributed by atoms with Crippen molar-refractivity contribution in [2.45, 2.75) is 26.7 Å². The Morgan fingerprint density at radius 2 is 2.15 bits per heavy atom. The van der Waals surface area contributed by atoms with Crippen LogP contribution >= 0.6 is 0 Å². The van der Waals surface area contributed by atoms with Crippen LogP contribution in [0.4, 0.5) is 0 Å². The lowest BCUT2D eigenvalue weighted by Gasteiger charge is -2.03. The number of rotatable bonds is 3. The first kappa shape index (κ1) is 9.92. The summed E-state index contributed by atoms with van der Waals surface area (Å²) in [5, 5.41) is 0. The van der Waals surface area contributed by atoms with Crippen molar-refractivity contribution in [1.29, 1.82) is 0 Å². The van der Waals surface area contributed by atoms with E-state index in [1.807, 2.05) is 6.92 Å². The largest absolute Gasteiger partial charge is 0.330 e. The Morgan fingerprint density at radius 3 is 2.69 bits per heavy atom. The van der Waals surface area contributed by atoms with E-state index in [4.69, 9.17) is 5.73 Å². The number of aromatic nitrogens is 2. The van der Waals surface area contributed by atoms with Crippen molar-refractivity contribution < 1.29 is 0 Å². The van der Waals surface area contributed by atoms with Crippen molar-refractivity contribution in [3.63, 3.8) is 0 Å². The monoisotopic (exact) mass is 181 g/mol. The lowest BCUT2D eigenvalue weighted by molar-refractivity contribution is 0.798. The second-order valence-electron chi connectivity index (χ2n) is 3.11. The van der Waals surface area contributed by atoms with Crippen LogP contribution in [-0.4, -0.2) is 16.5 Å². The van der Waals surface area contributed by atoms with Gasteiger partial charge in [-0.25, -0.2) is 4.98 Å². The Kier molecular flexibility index (Phi) is 3.19. The van der Waals surface area contributed by atoms with Gasteiger partial charge in [0.15, 0.2) is 0 Å². The van der Waals surface area contributed by atoms with Crippen molar-refractivity contribution in [3.8, 4) is 0 Å². The predicted molar refractivity (Wildman–Crippen MR) is 51.7 cm³/mol. The van der Waals surface area contributed by atoms with Crippen molar-refractivity contribution in [2.24, 2.45) is 5.73 Å². The zero-order chi connectivity index (χ0) is 9.84. The number of nitrogens with one attached hydrogen (secondary N) is 1. The number of H-pyrrole nitrogens is 1. The molecule has 13 heavy (non-hydrogen) atoms. The first-order valence-corrected chi connectivity index (χ1v) is 4.41. The van der Waals surface area contributed by atoms with Gasteiger partial charge in [-0.1, -0.05) is 0 Å². The normalized spacial score (nSPS) is 10.4. The van der Waals surface area contributed by atoms with E-state index in [1.54, 1.807) is 6.92 Å². The second kappa shape index (κ2) is 4.18. The van der Waals surface area contributed by atoms with Gasteiger partial charge in [-0.15, -0.1) is 0 Å². The van der Waals surface area contributed by atoms with E-state index in [1.165, 1.54) is 0 Å². The SMILES string of the molecule is Cc1nc(C)c(CCCN)c(=O)[nH]1. The van der Waals surface area contributed by atoms with Crippen molar-refractivity contribution >= 4 is 0 Å². The summed E-state index contributed by atoms with van der Waals surface area (Å²) in [7, 11) is 0. The Morgan fingerprint density at radius 1 is 1.46 bits per heavy atom. The molecule has 0 aromatic carbocycles. The molecule has 3 N–H and O–H groups in total. The third kappa shape index (κ3) is 2.39. The van der Waals surface area contributed by atoms with Crippen LogP contribution in [0.2, 0.25) is 0 Å². The van der Waals surface area contributed by atoms with E-state index < -0.39 is 0 Å². The van der Waals surface area contributed by atoms with Gasteiger partial charge in [-0.3, -0.25) is 4.79 Å². The molecule has 0 saturated carbocycles. The van der Waals surface area contributed by atoms with Crippen LogP contribution in [-0.2, 0) is 6.42 Å². The molecule has 0 bridgehead atoms. The van der Waals surface area contributed by atoms with Crippen molar-refractivity contribution in [3.05, 3.63) is 27.4 Å². The molecule has 0 amide bonds. The molecule has 72 valence electrons. The van der Waals surface area contributed by atoms with Gasteiger partial charge >= 0.3 is 0 Å². The molecule has 0 saturated heterocycles. The minimum atomic E-state index is -0.0292. The average Bonchev–Trinajstić information content (AvgIpc) is 2.02. The zero-order valence-electron chi connectivity index (χ0n) is 8.05. The average molecular weight is 181 g/mol. The smallest absolute Gasteiger partial charge is 0.254 e. The second-order valence-corrected chi connectivity index (χ2v) is 3.11. The molecule has 1 aromatic heterocycles. The first-order valence-electron chi connectivity index (χ1n) is 4.41. The fourth-order valence-electron chi connectivity index (χ4n) is 1.32. The summed E-state index contributed by atoms with van der Waals surface area (Å²) in [6, 6.07) is 0. The molecule has 1 rings (SSSR count). The molecular formula is C9H15N3O. The summed E-state index contributed by atoms with van der Waals surface area (Å²) in [6.45, 7) is 4.24. The quantitative estimate of drug-likeness (QED) is 0.703. The summed E-state index contributed by atoms with van der Waals surface area (Å²) >= 11 is 0. The lowest BCUT2D eigenvalue weighted by atomic mass is 10.1. The topological polar surface area (TPSA) is 71.8 Å². The lowest BCUT2D eigenvalue weighted by Crippen LogP contribution is -2.18. The van der Waals surface area contributed by atoms with Crippen molar-refractivity contribution in [2.75, 3.05) is 6.54 Å². The third-order valence-corrected chi connectivity index (χ3v) is 1.97. The molecule has 0 aliphatic rings. The third-order valence-electron chi connectivity index (χ3n) is 1.97. The maximum Gasteiger partial charge on any atom is 0.254 e. The molecule has 0 spiro atoms. The van der Waals surface area contributed by atoms with E-state index in [0.29, 0.717) is 18.8 Å². The van der Waals surface area contributed by atoms with E-state index in [-0.39, 0.29) is 5.56 Å². The number of aromatic amines is 1. The summed E-state index contributed by atoms with van der Waals surface area (Å²) in [5.41, 5.74) is 6.92. The molecule has 0 radical (unpaired) electrons. The van der Waals surface area contributed by atoms with Gasteiger partial charge in [0.25, 0.3) is 5.56 Å². The summed E-state index contributed by atoms with van der Waals surface area (Å²) in [4.78, 5) is 18.3. The van der Waals surface area contributed by atoms with Gasteiger partial charge in [0, 0.05) is 11.3 Å². The summed E-state index contributed by atoms with van der Waals surface area (Å²) < 4.78 is 0. The number of nitrogens with zero attached hydrogens (tertiary/aromatic N) is 1.